The minimum Gasteiger partial charge on any atom is -0.372 e. The first-order valence-corrected chi connectivity index (χ1v) is 20.8. The summed E-state index contributed by atoms with van der Waals surface area (Å²) >= 11 is 0. The van der Waals surface area contributed by atoms with Crippen LogP contribution in [0.5, 0.6) is 0 Å². The molecule has 8 unspecified atom stereocenters. The van der Waals surface area contributed by atoms with Crippen LogP contribution in [0.1, 0.15) is 155 Å². The van der Waals surface area contributed by atoms with Crippen LogP contribution in [0.4, 0.5) is 0 Å². The van der Waals surface area contributed by atoms with Crippen LogP contribution >= 0.6 is 0 Å². The van der Waals surface area contributed by atoms with Gasteiger partial charge in [0.1, 0.15) is 22.4 Å². The number of ether oxygens (including phenoxy) is 9. The molecule has 8 atom stereocenters. The van der Waals surface area contributed by atoms with Crippen molar-refractivity contribution >= 4 is 0 Å². The molecule has 8 aliphatic heterocycles. The summed E-state index contributed by atoms with van der Waals surface area (Å²) in [6, 6.07) is 0. The Balaban J connectivity index is 1.06. The monoisotopic (exact) mass is 690 g/mol. The first-order chi connectivity index (χ1) is 24.0. The van der Waals surface area contributed by atoms with Crippen molar-refractivity contribution in [3.63, 3.8) is 0 Å². The van der Waals surface area contributed by atoms with E-state index < -0.39 is 34.0 Å². The van der Waals surface area contributed by atoms with Crippen LogP contribution in [0.25, 0.3) is 0 Å². The molecule has 280 valence electrons. The van der Waals surface area contributed by atoms with Gasteiger partial charge in [0.2, 0.25) is 11.6 Å². The molecule has 0 spiro atoms. The summed E-state index contributed by atoms with van der Waals surface area (Å²) in [5.41, 5.74) is -3.45. The Hall–Kier alpha value is -0.360. The normalized spacial score (nSPS) is 46.9. The highest BCUT2D eigenvalue weighted by Crippen LogP contribution is 2.69. The summed E-state index contributed by atoms with van der Waals surface area (Å²) in [7, 11) is 0. The maximum atomic E-state index is 7.58. The number of hydrogen-bond donors (Lipinski definition) is 0. The van der Waals surface area contributed by atoms with Crippen molar-refractivity contribution in [2.75, 3.05) is 52.9 Å². The van der Waals surface area contributed by atoms with Crippen molar-refractivity contribution < 1.29 is 42.6 Å². The summed E-state index contributed by atoms with van der Waals surface area (Å²) in [4.78, 5) is 0. The predicted octanol–water partition coefficient (Wildman–Crippen LogP) is 7.69. The second-order valence-corrected chi connectivity index (χ2v) is 16.7. The molecule has 0 aromatic heterocycles. The van der Waals surface area contributed by atoms with Crippen LogP contribution in [0.3, 0.4) is 0 Å². The van der Waals surface area contributed by atoms with Crippen molar-refractivity contribution in [3.8, 4) is 0 Å². The lowest BCUT2D eigenvalue weighted by molar-refractivity contribution is -0.562. The maximum Gasteiger partial charge on any atom is 0.206 e. The van der Waals surface area contributed by atoms with Crippen LogP contribution < -0.4 is 0 Å². The lowest BCUT2D eigenvalue weighted by atomic mass is 9.54. The first-order valence-electron chi connectivity index (χ1n) is 20.8. The second kappa shape index (κ2) is 13.8. The van der Waals surface area contributed by atoms with Gasteiger partial charge in [-0.15, -0.1) is 0 Å². The molecule has 8 saturated heterocycles. The lowest BCUT2D eigenvalue weighted by Gasteiger charge is -2.76. The fourth-order valence-electron chi connectivity index (χ4n) is 11.5. The van der Waals surface area contributed by atoms with Crippen LogP contribution in [-0.4, -0.2) is 98.0 Å². The second-order valence-electron chi connectivity index (χ2n) is 16.7. The molecule has 0 N–H and O–H groups in total. The molecule has 0 amide bonds. The van der Waals surface area contributed by atoms with Gasteiger partial charge >= 0.3 is 0 Å². The zero-order valence-corrected chi connectivity index (χ0v) is 30.9. The van der Waals surface area contributed by atoms with E-state index in [9.17, 15) is 0 Å². The van der Waals surface area contributed by atoms with E-state index in [-0.39, 0.29) is 11.2 Å². The zero-order chi connectivity index (χ0) is 33.6. The molecule has 49 heavy (non-hydrogen) atoms. The van der Waals surface area contributed by atoms with Crippen LogP contribution in [0.2, 0.25) is 0 Å². The van der Waals surface area contributed by atoms with Crippen molar-refractivity contribution in [2.24, 2.45) is 0 Å². The minimum absolute atomic E-state index is 0.372. The van der Waals surface area contributed by atoms with E-state index in [4.69, 9.17) is 42.6 Å². The van der Waals surface area contributed by atoms with E-state index in [1.807, 2.05) is 0 Å². The van der Waals surface area contributed by atoms with Crippen molar-refractivity contribution in [3.05, 3.63) is 0 Å². The van der Waals surface area contributed by atoms with Gasteiger partial charge in [-0.25, -0.2) is 0 Å². The Morgan fingerprint density at radius 3 is 0.857 bits per heavy atom. The van der Waals surface area contributed by atoms with E-state index in [2.05, 4.69) is 13.8 Å². The predicted molar refractivity (Wildman–Crippen MR) is 183 cm³/mol. The molecular weight excluding hydrogens is 624 g/mol. The molecule has 8 aliphatic rings. The van der Waals surface area contributed by atoms with Gasteiger partial charge in [0, 0.05) is 51.4 Å². The van der Waals surface area contributed by atoms with Crippen LogP contribution in [0, 0.1) is 0 Å². The van der Waals surface area contributed by atoms with Crippen molar-refractivity contribution in [1.82, 2.24) is 0 Å². The Morgan fingerprint density at radius 2 is 0.633 bits per heavy atom. The summed E-state index contributed by atoms with van der Waals surface area (Å²) in [6.45, 7) is 10.1. The highest BCUT2D eigenvalue weighted by Gasteiger charge is 2.86. The molecule has 0 aromatic carbocycles. The topological polar surface area (TPSA) is 83.1 Å². The van der Waals surface area contributed by atoms with Crippen LogP contribution in [-0.2, 0) is 42.6 Å². The lowest BCUT2D eigenvalue weighted by Crippen LogP contribution is -2.91. The van der Waals surface area contributed by atoms with Gasteiger partial charge in [-0.2, -0.15) is 0 Å². The number of hydrogen-bond acceptors (Lipinski definition) is 9. The molecular formula is C40H66O9. The Morgan fingerprint density at radius 1 is 0.347 bits per heavy atom. The Bertz CT molecular complexity index is 1020. The standard InChI is InChI=1S/C40H66O9/c1-3-5-7-9-11-13-15-33(17-25-41-33)35(19-27-43-35)37(21-29-45-37)39(23-31-47-39)49-40(24-32-48-40)38(22-30-46-38)36(20-28-44-36)34(18-26-42-34)16-14-12-10-8-6-4-2/h3-32H2,1-2H3. The molecule has 0 radical (unpaired) electrons. The van der Waals surface area contributed by atoms with E-state index in [0.29, 0.717) is 39.6 Å². The molecule has 9 nitrogen and oxygen atoms in total. The van der Waals surface area contributed by atoms with Crippen LogP contribution in [0.15, 0.2) is 0 Å². The summed E-state index contributed by atoms with van der Waals surface area (Å²) < 4.78 is 61.8. The van der Waals surface area contributed by atoms with Gasteiger partial charge in [0.25, 0.3) is 0 Å². The van der Waals surface area contributed by atoms with Gasteiger partial charge in [-0.3, -0.25) is 0 Å². The highest BCUT2D eigenvalue weighted by atomic mass is 16.8. The van der Waals surface area contributed by atoms with Gasteiger partial charge < -0.3 is 42.6 Å². The molecule has 0 aromatic rings. The quantitative estimate of drug-likeness (QED) is 0.106. The summed E-state index contributed by atoms with van der Waals surface area (Å²) in [5.74, 6) is -1.99. The average molecular weight is 691 g/mol. The number of rotatable bonds is 22. The fourth-order valence-corrected chi connectivity index (χ4v) is 11.5. The zero-order valence-electron chi connectivity index (χ0n) is 30.9. The molecule has 8 heterocycles. The molecule has 8 fully saturated rings. The van der Waals surface area contributed by atoms with E-state index in [1.54, 1.807) is 0 Å². The fraction of sp³-hybridized carbons (Fsp3) is 1.00. The average Bonchev–Trinajstić information content (AvgIpc) is 2.93. The molecule has 9 heteroatoms. The summed E-state index contributed by atoms with van der Waals surface area (Å²) in [6.07, 6.45) is 24.0. The van der Waals surface area contributed by atoms with Gasteiger partial charge in [-0.1, -0.05) is 90.9 Å². The third-order valence-corrected chi connectivity index (χ3v) is 14.7. The molecule has 0 bridgehead atoms. The Labute approximate surface area is 295 Å². The van der Waals surface area contributed by atoms with E-state index in [1.165, 1.54) is 64.2 Å². The summed E-state index contributed by atoms with van der Waals surface area (Å²) in [5, 5.41) is 0. The SMILES string of the molecule is CCCCCCCCC1(C2(C3(C4(OC5(C6(C7(C8(CCCCCCCC)CCO8)CCO7)CCO6)CCO5)CCO4)CCO3)CCO2)CCO1. The molecule has 8 rings (SSSR count). The largest absolute Gasteiger partial charge is 0.372 e. The van der Waals surface area contributed by atoms with Gasteiger partial charge in [-0.05, 0) is 12.8 Å². The van der Waals surface area contributed by atoms with Crippen molar-refractivity contribution in [1.29, 1.82) is 0 Å². The Kier molecular flexibility index (Phi) is 10.0. The number of unbranched alkanes of at least 4 members (excludes halogenated alkanes) is 10. The molecule has 0 aliphatic carbocycles. The third-order valence-electron chi connectivity index (χ3n) is 14.7. The van der Waals surface area contributed by atoms with Gasteiger partial charge in [0.15, 0.2) is 11.2 Å². The van der Waals surface area contributed by atoms with Crippen molar-refractivity contribution in [2.45, 2.75) is 200 Å². The first kappa shape index (κ1) is 35.7. The smallest absolute Gasteiger partial charge is 0.206 e. The maximum absolute atomic E-state index is 7.58. The van der Waals surface area contributed by atoms with Gasteiger partial charge in [0.05, 0.1) is 52.9 Å². The minimum atomic E-state index is -0.997. The van der Waals surface area contributed by atoms with E-state index >= 15 is 0 Å². The highest BCUT2D eigenvalue weighted by molar-refractivity contribution is 5.30. The third kappa shape index (κ3) is 4.95. The van der Waals surface area contributed by atoms with E-state index in [0.717, 1.165) is 90.3 Å². The molecule has 0 saturated carbocycles.